The fraction of sp³-hybridized carbons (Fsp3) is 0.647. The van der Waals surface area contributed by atoms with Crippen molar-refractivity contribution in [3.8, 4) is 0 Å². The Morgan fingerprint density at radius 3 is 2.67 bits per heavy atom. The van der Waals surface area contributed by atoms with Gasteiger partial charge in [0, 0.05) is 41.3 Å². The Morgan fingerprint density at radius 1 is 1.19 bits per heavy atom. The van der Waals surface area contributed by atoms with Gasteiger partial charge >= 0.3 is 0 Å². The summed E-state index contributed by atoms with van der Waals surface area (Å²) in [6.07, 6.45) is 6.73. The first-order chi connectivity index (χ1) is 10.1. The van der Waals surface area contributed by atoms with E-state index in [0.717, 1.165) is 24.7 Å². The highest BCUT2D eigenvalue weighted by Crippen LogP contribution is 2.35. The second-order valence-corrected chi connectivity index (χ2v) is 7.42. The van der Waals surface area contributed by atoms with Crippen molar-refractivity contribution >= 4 is 23.2 Å². The minimum Gasteiger partial charge on any atom is -0.309 e. The molecule has 21 heavy (non-hydrogen) atoms. The molecule has 1 aromatic carbocycles. The van der Waals surface area contributed by atoms with E-state index in [0.29, 0.717) is 16.6 Å². The Balaban J connectivity index is 1.76. The average molecular weight is 327 g/mol. The first-order valence-electron chi connectivity index (χ1n) is 8.04. The normalized spacial score (nSPS) is 24.1. The van der Waals surface area contributed by atoms with Crippen LogP contribution >= 0.6 is 23.2 Å². The van der Waals surface area contributed by atoms with Gasteiger partial charge in [0.2, 0.25) is 0 Å². The summed E-state index contributed by atoms with van der Waals surface area (Å²) in [6, 6.07) is 6.21. The number of piperazine rings is 1. The van der Waals surface area contributed by atoms with Crippen LogP contribution in [0.2, 0.25) is 10.0 Å². The molecule has 1 aromatic rings. The predicted octanol–water partition coefficient (Wildman–Crippen LogP) is 4.66. The summed E-state index contributed by atoms with van der Waals surface area (Å²) in [7, 11) is 0. The minimum atomic E-state index is 0.337. The number of nitrogens with zero attached hydrogens (tertiary/aromatic N) is 1. The smallest absolute Gasteiger partial charge is 0.0468 e. The van der Waals surface area contributed by atoms with Crippen LogP contribution in [0.4, 0.5) is 0 Å². The van der Waals surface area contributed by atoms with Gasteiger partial charge in [0.15, 0.2) is 0 Å². The van der Waals surface area contributed by atoms with Crippen molar-refractivity contribution in [2.24, 2.45) is 0 Å². The molecule has 0 aromatic heterocycles. The third-order valence-corrected chi connectivity index (χ3v) is 5.74. The molecule has 1 saturated heterocycles. The number of hydrogen-bond donors (Lipinski definition) is 1. The topological polar surface area (TPSA) is 15.3 Å². The van der Waals surface area contributed by atoms with Crippen LogP contribution in [-0.2, 0) is 0 Å². The molecule has 1 aliphatic carbocycles. The monoisotopic (exact) mass is 326 g/mol. The van der Waals surface area contributed by atoms with Gasteiger partial charge in [-0.25, -0.2) is 0 Å². The van der Waals surface area contributed by atoms with E-state index in [4.69, 9.17) is 23.2 Å². The Bertz CT molecular complexity index is 492. The number of rotatable bonds is 2. The maximum absolute atomic E-state index is 6.39. The molecule has 2 nitrogen and oxygen atoms in total. The first kappa shape index (κ1) is 15.6. The van der Waals surface area contributed by atoms with E-state index in [1.54, 1.807) is 0 Å². The van der Waals surface area contributed by atoms with Gasteiger partial charge in [0.05, 0.1) is 0 Å². The van der Waals surface area contributed by atoms with E-state index in [9.17, 15) is 0 Å². The van der Waals surface area contributed by atoms with Gasteiger partial charge in [-0.3, -0.25) is 4.90 Å². The molecule has 1 N–H and O–H groups in total. The highest BCUT2D eigenvalue weighted by molar-refractivity contribution is 6.35. The van der Waals surface area contributed by atoms with Gasteiger partial charge in [-0.1, -0.05) is 48.5 Å². The van der Waals surface area contributed by atoms with Crippen LogP contribution in [0.15, 0.2) is 18.2 Å². The fourth-order valence-corrected chi connectivity index (χ4v) is 4.49. The summed E-state index contributed by atoms with van der Waals surface area (Å²) in [6.45, 7) is 5.56. The highest BCUT2D eigenvalue weighted by Gasteiger charge is 2.37. The van der Waals surface area contributed by atoms with Crippen LogP contribution in [0.1, 0.15) is 50.6 Å². The molecular formula is C17H24Cl2N2. The summed E-state index contributed by atoms with van der Waals surface area (Å²) in [4.78, 5) is 2.58. The second kappa shape index (κ2) is 6.45. The van der Waals surface area contributed by atoms with Crippen LogP contribution in [0, 0.1) is 0 Å². The molecule has 1 atom stereocenters. The molecule has 1 saturated carbocycles. The maximum atomic E-state index is 6.39. The first-order valence-corrected chi connectivity index (χ1v) is 8.79. The lowest BCUT2D eigenvalue weighted by Gasteiger charge is -2.48. The maximum Gasteiger partial charge on any atom is 0.0468 e. The van der Waals surface area contributed by atoms with Gasteiger partial charge in [-0.2, -0.15) is 0 Å². The van der Waals surface area contributed by atoms with Crippen molar-refractivity contribution in [3.63, 3.8) is 0 Å². The van der Waals surface area contributed by atoms with Crippen molar-refractivity contribution in [1.29, 1.82) is 0 Å². The zero-order valence-electron chi connectivity index (χ0n) is 12.7. The lowest BCUT2D eigenvalue weighted by molar-refractivity contribution is 0.0730. The fourth-order valence-electron chi connectivity index (χ4n) is 3.92. The zero-order chi connectivity index (χ0) is 14.9. The van der Waals surface area contributed by atoms with Crippen molar-refractivity contribution in [1.82, 2.24) is 10.2 Å². The molecule has 3 rings (SSSR count). The Labute approximate surface area is 137 Å². The quantitative estimate of drug-likeness (QED) is 0.850. The molecule has 116 valence electrons. The van der Waals surface area contributed by atoms with Crippen LogP contribution in [0.3, 0.4) is 0 Å². The zero-order valence-corrected chi connectivity index (χ0v) is 14.2. The molecule has 2 fully saturated rings. The summed E-state index contributed by atoms with van der Waals surface area (Å²) in [5.41, 5.74) is 1.53. The minimum absolute atomic E-state index is 0.337. The van der Waals surface area contributed by atoms with Gasteiger partial charge in [-0.15, -0.1) is 0 Å². The van der Waals surface area contributed by atoms with Gasteiger partial charge in [0.25, 0.3) is 0 Å². The van der Waals surface area contributed by atoms with Crippen molar-refractivity contribution in [2.45, 2.75) is 50.6 Å². The summed E-state index contributed by atoms with van der Waals surface area (Å²) in [5, 5.41) is 5.29. The highest BCUT2D eigenvalue weighted by atomic mass is 35.5. The van der Waals surface area contributed by atoms with E-state index in [2.05, 4.69) is 23.2 Å². The van der Waals surface area contributed by atoms with Gasteiger partial charge in [-0.05, 0) is 37.5 Å². The molecule has 0 radical (unpaired) electrons. The summed E-state index contributed by atoms with van der Waals surface area (Å²) in [5.74, 6) is 0. The van der Waals surface area contributed by atoms with Gasteiger partial charge in [0.1, 0.15) is 0 Å². The van der Waals surface area contributed by atoms with E-state index in [1.807, 2.05) is 12.1 Å². The molecular weight excluding hydrogens is 303 g/mol. The van der Waals surface area contributed by atoms with Crippen LogP contribution in [-0.4, -0.2) is 30.1 Å². The van der Waals surface area contributed by atoms with Crippen LogP contribution in [0.25, 0.3) is 0 Å². The molecule has 2 aliphatic rings. The Morgan fingerprint density at radius 2 is 1.95 bits per heavy atom. The molecule has 1 unspecified atom stereocenters. The van der Waals surface area contributed by atoms with Crippen LogP contribution < -0.4 is 5.32 Å². The van der Waals surface area contributed by atoms with Crippen molar-refractivity contribution in [3.05, 3.63) is 33.8 Å². The molecule has 1 spiro atoms. The third kappa shape index (κ3) is 3.39. The second-order valence-electron chi connectivity index (χ2n) is 6.58. The lowest BCUT2D eigenvalue weighted by Crippen LogP contribution is -2.61. The molecule has 4 heteroatoms. The Hall–Kier alpha value is -0.280. The summed E-state index contributed by atoms with van der Waals surface area (Å²) < 4.78 is 0. The number of hydrogen-bond acceptors (Lipinski definition) is 2. The van der Waals surface area contributed by atoms with Crippen molar-refractivity contribution in [2.75, 3.05) is 19.6 Å². The summed E-state index contributed by atoms with van der Waals surface area (Å²) >= 11 is 12.4. The van der Waals surface area contributed by atoms with Crippen molar-refractivity contribution < 1.29 is 0 Å². The number of benzene rings is 1. The van der Waals surface area contributed by atoms with Crippen LogP contribution in [0.5, 0.6) is 0 Å². The molecule has 0 bridgehead atoms. The van der Waals surface area contributed by atoms with Gasteiger partial charge < -0.3 is 5.32 Å². The lowest BCUT2D eigenvalue weighted by atomic mass is 9.79. The number of nitrogens with one attached hydrogen (secondary N) is 1. The standard InChI is InChI=1S/C17H24Cl2N2/c1-13(15-6-5-14(18)11-16(15)19)21-10-9-20-17(12-21)7-3-2-4-8-17/h5-6,11,13,20H,2-4,7-10,12H2,1H3. The van der Waals surface area contributed by atoms with E-state index < -0.39 is 0 Å². The van der Waals surface area contributed by atoms with E-state index >= 15 is 0 Å². The largest absolute Gasteiger partial charge is 0.309 e. The molecule has 0 amide bonds. The number of halogens is 2. The molecule has 1 heterocycles. The predicted molar refractivity (Wildman–Crippen MR) is 90.3 cm³/mol. The Kier molecular flexibility index (Phi) is 4.80. The van der Waals surface area contributed by atoms with E-state index in [1.165, 1.54) is 37.7 Å². The third-order valence-electron chi connectivity index (χ3n) is 5.18. The molecule has 1 aliphatic heterocycles. The SMILES string of the molecule is CC(c1ccc(Cl)cc1Cl)N1CCNC2(CCCCC2)C1. The average Bonchev–Trinajstić information content (AvgIpc) is 2.47. The van der Waals surface area contributed by atoms with E-state index in [-0.39, 0.29) is 0 Å².